The number of amides is 1. The monoisotopic (exact) mass is 200 g/mol. The second-order valence-electron chi connectivity index (χ2n) is 1.76. The molecule has 1 saturated heterocycles. The molecule has 0 bridgehead atoms. The third-order valence-corrected chi connectivity index (χ3v) is 0.792. The third kappa shape index (κ3) is 7.21. The average Bonchev–Trinajstić information content (AvgIpc) is 2.12. The minimum absolute atomic E-state index is 0.426. The summed E-state index contributed by atoms with van der Waals surface area (Å²) in [6, 6.07) is 0. The summed E-state index contributed by atoms with van der Waals surface area (Å²) < 4.78 is 36.0. The number of nitrogens with zero attached hydrogens (tertiary/aromatic N) is 1. The highest BCUT2D eigenvalue weighted by Gasteiger charge is 2.16. The van der Waals surface area contributed by atoms with E-state index in [1.165, 1.54) is 0 Å². The van der Waals surface area contributed by atoms with E-state index in [1.807, 2.05) is 0 Å². The Kier molecular flexibility index (Phi) is 3.89. The lowest BCUT2D eigenvalue weighted by molar-refractivity contribution is 0.159. The lowest BCUT2D eigenvalue weighted by Crippen LogP contribution is -2.31. The maximum absolute atomic E-state index is 10.2. The molecule has 0 unspecified atom stereocenters. The van der Waals surface area contributed by atoms with Crippen LogP contribution in [0.15, 0.2) is 0 Å². The molecule has 1 rings (SSSR count). The molecule has 0 aromatic rings. The van der Waals surface area contributed by atoms with Gasteiger partial charge in [-0.15, -0.1) is 0 Å². The van der Waals surface area contributed by atoms with E-state index in [9.17, 15) is 4.79 Å². The summed E-state index contributed by atoms with van der Waals surface area (Å²) in [5.74, 6) is 5.04. The Labute approximate surface area is 68.4 Å². The van der Waals surface area contributed by atoms with Crippen molar-refractivity contribution in [3.63, 3.8) is 0 Å². The first-order chi connectivity index (χ1) is 5.30. The maximum atomic E-state index is 10.2. The molecule has 1 heterocycles. The highest BCUT2D eigenvalue weighted by Crippen LogP contribution is 1.93. The molecule has 1 amide bonds. The van der Waals surface area contributed by atoms with Gasteiger partial charge in [0.2, 0.25) is 0 Å². The molecule has 0 aromatic heterocycles. The highest BCUT2D eigenvalue weighted by molar-refractivity contribution is 7.79. The number of nitrogens with two attached hydrogens (primary N) is 1. The third-order valence-electron chi connectivity index (χ3n) is 0.792. The van der Waals surface area contributed by atoms with Crippen molar-refractivity contribution in [3.05, 3.63) is 0 Å². The van der Waals surface area contributed by atoms with Crippen molar-refractivity contribution in [1.29, 1.82) is 0 Å². The van der Waals surface area contributed by atoms with Crippen LogP contribution >= 0.6 is 0 Å². The van der Waals surface area contributed by atoms with Crippen molar-refractivity contribution in [2.45, 2.75) is 0 Å². The van der Waals surface area contributed by atoms with Crippen LogP contribution in [0, 0.1) is 0 Å². The molecule has 8 nitrogen and oxygen atoms in total. The molecule has 9 heteroatoms. The number of hydrogen-bond acceptors (Lipinski definition) is 5. The van der Waals surface area contributed by atoms with Crippen molar-refractivity contribution < 1.29 is 27.1 Å². The Morgan fingerprint density at radius 2 is 1.92 bits per heavy atom. The summed E-state index contributed by atoms with van der Waals surface area (Å²) in [6.45, 7) is 0.939. The number of rotatable bonds is 0. The van der Waals surface area contributed by atoms with Gasteiger partial charge < -0.3 is 4.74 Å². The molecular weight excluding hydrogens is 192 g/mol. The van der Waals surface area contributed by atoms with E-state index in [4.69, 9.17) is 23.4 Å². The zero-order chi connectivity index (χ0) is 9.78. The number of ether oxygens (including phenoxy) is 1. The molecule has 0 saturated carbocycles. The predicted octanol–water partition coefficient (Wildman–Crippen LogP) is -1.34. The standard InChI is InChI=1S/C3H6N2O2.H2O4S/c4-5-1-2-7-3(5)6;1-5(2,3)4/h1-2,4H2;(H2,1,2,3,4). The van der Waals surface area contributed by atoms with E-state index >= 15 is 0 Å². The second-order valence-corrected chi connectivity index (χ2v) is 2.65. The molecule has 0 aromatic carbocycles. The van der Waals surface area contributed by atoms with Crippen LogP contribution < -0.4 is 5.84 Å². The Bertz CT molecular complexity index is 240. The van der Waals surface area contributed by atoms with Gasteiger partial charge in [-0.1, -0.05) is 0 Å². The minimum Gasteiger partial charge on any atom is -0.447 e. The topological polar surface area (TPSA) is 130 Å². The molecule has 4 N–H and O–H groups in total. The molecular formula is C3H8N2O6S. The van der Waals surface area contributed by atoms with E-state index in [2.05, 4.69) is 4.74 Å². The summed E-state index contributed by atoms with van der Waals surface area (Å²) in [7, 11) is -4.67. The van der Waals surface area contributed by atoms with E-state index in [0.29, 0.717) is 13.2 Å². The molecule has 0 atom stereocenters. The lowest BCUT2D eigenvalue weighted by Gasteiger charge is -1.98. The fraction of sp³-hybridized carbons (Fsp3) is 0.667. The highest BCUT2D eigenvalue weighted by atomic mass is 32.3. The van der Waals surface area contributed by atoms with Crippen molar-refractivity contribution in [3.8, 4) is 0 Å². The largest absolute Gasteiger partial charge is 0.447 e. The van der Waals surface area contributed by atoms with Gasteiger partial charge in [0.25, 0.3) is 0 Å². The van der Waals surface area contributed by atoms with E-state index < -0.39 is 16.5 Å². The van der Waals surface area contributed by atoms with Crippen LogP contribution in [-0.4, -0.2) is 41.8 Å². The minimum atomic E-state index is -4.67. The van der Waals surface area contributed by atoms with Crippen molar-refractivity contribution in [2.75, 3.05) is 13.2 Å². The first-order valence-electron chi connectivity index (χ1n) is 2.69. The van der Waals surface area contributed by atoms with Crippen molar-refractivity contribution >= 4 is 16.5 Å². The van der Waals surface area contributed by atoms with Crippen LogP contribution in [0.4, 0.5) is 4.79 Å². The Balaban J connectivity index is 0.000000217. The Hall–Kier alpha value is -0.900. The van der Waals surface area contributed by atoms with Gasteiger partial charge in [-0.25, -0.2) is 15.6 Å². The molecule has 1 fully saturated rings. The van der Waals surface area contributed by atoms with Gasteiger partial charge in [0.15, 0.2) is 0 Å². The van der Waals surface area contributed by atoms with Gasteiger partial charge in [0.1, 0.15) is 6.61 Å². The fourth-order valence-electron chi connectivity index (χ4n) is 0.406. The van der Waals surface area contributed by atoms with Crippen LogP contribution in [0.3, 0.4) is 0 Å². The van der Waals surface area contributed by atoms with Crippen LogP contribution in [0.1, 0.15) is 0 Å². The molecule has 1 aliphatic heterocycles. The van der Waals surface area contributed by atoms with Crippen LogP contribution in [0.5, 0.6) is 0 Å². The van der Waals surface area contributed by atoms with Gasteiger partial charge in [-0.05, 0) is 0 Å². The van der Waals surface area contributed by atoms with Gasteiger partial charge in [0.05, 0.1) is 6.54 Å². The average molecular weight is 200 g/mol. The predicted molar refractivity (Wildman–Crippen MR) is 36.4 cm³/mol. The molecule has 0 radical (unpaired) electrons. The molecule has 12 heavy (non-hydrogen) atoms. The first-order valence-corrected chi connectivity index (χ1v) is 4.09. The van der Waals surface area contributed by atoms with Gasteiger partial charge in [0, 0.05) is 0 Å². The fourth-order valence-corrected chi connectivity index (χ4v) is 0.406. The summed E-state index contributed by atoms with van der Waals surface area (Å²) in [5, 5.41) is 1.04. The number of cyclic esters (lactones) is 1. The van der Waals surface area contributed by atoms with E-state index in [-0.39, 0.29) is 0 Å². The molecule has 72 valence electrons. The normalized spacial score (nSPS) is 16.6. The van der Waals surface area contributed by atoms with Crippen LogP contribution in [-0.2, 0) is 15.1 Å². The maximum Gasteiger partial charge on any atom is 0.424 e. The number of hydrazine groups is 1. The molecule has 1 aliphatic rings. The quantitative estimate of drug-likeness (QED) is 0.250. The molecule has 0 aliphatic carbocycles. The van der Waals surface area contributed by atoms with Crippen molar-refractivity contribution in [2.24, 2.45) is 5.84 Å². The molecule has 0 spiro atoms. The van der Waals surface area contributed by atoms with Crippen molar-refractivity contribution in [1.82, 2.24) is 5.01 Å². The number of hydrogen-bond donors (Lipinski definition) is 3. The first kappa shape index (κ1) is 11.1. The second kappa shape index (κ2) is 4.21. The summed E-state index contributed by atoms with van der Waals surface area (Å²) in [6.07, 6.45) is -0.431. The van der Waals surface area contributed by atoms with Gasteiger partial charge in [-0.3, -0.25) is 9.11 Å². The van der Waals surface area contributed by atoms with Gasteiger partial charge >= 0.3 is 16.5 Å². The summed E-state index contributed by atoms with van der Waals surface area (Å²) in [4.78, 5) is 10.2. The SMILES string of the molecule is NN1CCOC1=O.O=S(=O)(O)O. The Morgan fingerprint density at radius 3 is 2.00 bits per heavy atom. The summed E-state index contributed by atoms with van der Waals surface area (Å²) in [5.41, 5.74) is 0. The number of carbonyl (C=O) groups excluding carboxylic acids is 1. The zero-order valence-electron chi connectivity index (χ0n) is 5.87. The van der Waals surface area contributed by atoms with Crippen LogP contribution in [0.2, 0.25) is 0 Å². The smallest absolute Gasteiger partial charge is 0.424 e. The summed E-state index contributed by atoms with van der Waals surface area (Å²) >= 11 is 0. The zero-order valence-corrected chi connectivity index (χ0v) is 6.69. The lowest BCUT2D eigenvalue weighted by atomic mass is 10.7. The number of carbonyl (C=O) groups is 1. The van der Waals surface area contributed by atoms with Crippen LogP contribution in [0.25, 0.3) is 0 Å². The van der Waals surface area contributed by atoms with E-state index in [1.54, 1.807) is 0 Å². The van der Waals surface area contributed by atoms with E-state index in [0.717, 1.165) is 5.01 Å². The van der Waals surface area contributed by atoms with Gasteiger partial charge in [-0.2, -0.15) is 8.42 Å². The Morgan fingerprint density at radius 1 is 1.50 bits per heavy atom.